The van der Waals surface area contributed by atoms with Crippen LogP contribution in [0.25, 0.3) is 0 Å². The van der Waals surface area contributed by atoms with Crippen molar-refractivity contribution in [3.8, 4) is 0 Å². The number of carbonyl (C=O) groups excluding carboxylic acids is 1. The molecular weight excluding hydrogens is 196 g/mol. The molecule has 0 heterocycles. The highest BCUT2D eigenvalue weighted by Gasteiger charge is 2.08. The molecule has 3 N–H and O–H groups in total. The van der Waals surface area contributed by atoms with Crippen molar-refractivity contribution in [2.45, 2.75) is 25.4 Å². The largest absolute Gasteiger partial charge is 0.382 e. The van der Waals surface area contributed by atoms with Gasteiger partial charge in [-0.3, -0.25) is 4.79 Å². The summed E-state index contributed by atoms with van der Waals surface area (Å²) < 4.78 is 10.0. The first kappa shape index (κ1) is 14.3. The van der Waals surface area contributed by atoms with E-state index in [2.05, 4.69) is 5.32 Å². The van der Waals surface area contributed by atoms with Gasteiger partial charge < -0.3 is 20.5 Å². The van der Waals surface area contributed by atoms with Crippen molar-refractivity contribution in [1.29, 1.82) is 0 Å². The van der Waals surface area contributed by atoms with Gasteiger partial charge in [0.25, 0.3) is 0 Å². The van der Waals surface area contributed by atoms with Gasteiger partial charge in [0.15, 0.2) is 0 Å². The van der Waals surface area contributed by atoms with Gasteiger partial charge in [0.05, 0.1) is 12.7 Å². The van der Waals surface area contributed by atoms with Gasteiger partial charge in [-0.15, -0.1) is 0 Å². The van der Waals surface area contributed by atoms with Crippen molar-refractivity contribution < 1.29 is 14.3 Å². The number of unbranched alkanes of at least 4 members (excludes halogenated alkanes) is 1. The molecule has 90 valence electrons. The van der Waals surface area contributed by atoms with Gasteiger partial charge in [-0.1, -0.05) is 0 Å². The number of hydrogen-bond donors (Lipinski definition) is 2. The van der Waals surface area contributed by atoms with Crippen molar-refractivity contribution in [3.05, 3.63) is 0 Å². The Labute approximate surface area is 91.3 Å². The quantitative estimate of drug-likeness (QED) is 0.530. The monoisotopic (exact) mass is 218 g/mol. The number of hydrogen-bond acceptors (Lipinski definition) is 4. The van der Waals surface area contributed by atoms with E-state index in [4.69, 9.17) is 15.2 Å². The van der Waals surface area contributed by atoms with Crippen molar-refractivity contribution in [3.63, 3.8) is 0 Å². The minimum absolute atomic E-state index is 0.0432. The summed E-state index contributed by atoms with van der Waals surface area (Å²) in [5.41, 5.74) is 5.33. The lowest BCUT2D eigenvalue weighted by Gasteiger charge is -2.14. The third-order valence-electron chi connectivity index (χ3n) is 2.07. The topological polar surface area (TPSA) is 73.6 Å². The summed E-state index contributed by atoms with van der Waals surface area (Å²) in [6.45, 7) is 1.61. The van der Waals surface area contributed by atoms with Gasteiger partial charge in [-0.25, -0.2) is 0 Å². The van der Waals surface area contributed by atoms with Gasteiger partial charge >= 0.3 is 0 Å². The summed E-state index contributed by atoms with van der Waals surface area (Å²) in [4.78, 5) is 11.3. The molecule has 15 heavy (non-hydrogen) atoms. The van der Waals surface area contributed by atoms with Crippen LogP contribution in [0.2, 0.25) is 0 Å². The standard InChI is InChI=1S/C10H22N2O3/c1-14-8-9(15-2)7-12-10(13)5-3-4-6-11/h9H,3-8,11H2,1-2H3,(H,12,13). The van der Waals surface area contributed by atoms with Gasteiger partial charge in [-0.05, 0) is 19.4 Å². The molecule has 1 amide bonds. The minimum Gasteiger partial charge on any atom is -0.382 e. The van der Waals surface area contributed by atoms with Crippen molar-refractivity contribution >= 4 is 5.91 Å². The zero-order valence-electron chi connectivity index (χ0n) is 9.62. The summed E-state index contributed by atoms with van der Waals surface area (Å²) in [7, 11) is 3.21. The number of methoxy groups -OCH3 is 2. The molecule has 0 aliphatic carbocycles. The average molecular weight is 218 g/mol. The number of carbonyl (C=O) groups is 1. The van der Waals surface area contributed by atoms with Crippen molar-refractivity contribution in [2.24, 2.45) is 5.73 Å². The molecule has 0 aromatic rings. The Morgan fingerprint density at radius 3 is 2.67 bits per heavy atom. The molecule has 0 radical (unpaired) electrons. The summed E-state index contributed by atoms with van der Waals surface area (Å²) >= 11 is 0. The number of nitrogens with one attached hydrogen (secondary N) is 1. The SMILES string of the molecule is COCC(CNC(=O)CCCCN)OC. The predicted octanol–water partition coefficient (Wildman–Crippen LogP) is -0.107. The Bertz CT molecular complexity index is 165. The molecule has 0 aliphatic heterocycles. The molecule has 1 atom stereocenters. The van der Waals surface area contributed by atoms with E-state index in [1.807, 2.05) is 0 Å². The van der Waals surface area contributed by atoms with E-state index < -0.39 is 0 Å². The lowest BCUT2D eigenvalue weighted by molar-refractivity contribution is -0.122. The van der Waals surface area contributed by atoms with E-state index in [0.717, 1.165) is 12.8 Å². The second-order valence-electron chi connectivity index (χ2n) is 3.36. The number of amides is 1. The third-order valence-corrected chi connectivity index (χ3v) is 2.07. The zero-order chi connectivity index (χ0) is 11.5. The molecule has 5 nitrogen and oxygen atoms in total. The van der Waals surface area contributed by atoms with Crippen LogP contribution in [0.15, 0.2) is 0 Å². The molecule has 0 saturated carbocycles. The Hall–Kier alpha value is -0.650. The fourth-order valence-electron chi connectivity index (χ4n) is 1.14. The minimum atomic E-state index is -0.0755. The van der Waals surface area contributed by atoms with E-state index in [1.54, 1.807) is 14.2 Å². The first-order chi connectivity index (χ1) is 7.24. The fourth-order valence-corrected chi connectivity index (χ4v) is 1.14. The average Bonchev–Trinajstić information content (AvgIpc) is 2.24. The van der Waals surface area contributed by atoms with Crippen LogP contribution in [0.5, 0.6) is 0 Å². The van der Waals surface area contributed by atoms with E-state index in [0.29, 0.717) is 26.1 Å². The maximum Gasteiger partial charge on any atom is 0.220 e. The molecule has 0 aliphatic rings. The van der Waals surface area contributed by atoms with E-state index in [9.17, 15) is 4.79 Å². The summed E-state index contributed by atoms with van der Waals surface area (Å²) in [5.74, 6) is 0.0432. The molecule has 0 spiro atoms. The molecule has 0 aromatic carbocycles. The van der Waals surface area contributed by atoms with Crippen LogP contribution >= 0.6 is 0 Å². The summed E-state index contributed by atoms with van der Waals surface area (Å²) in [6.07, 6.45) is 2.18. The summed E-state index contributed by atoms with van der Waals surface area (Å²) in [5, 5.41) is 2.79. The van der Waals surface area contributed by atoms with E-state index in [1.165, 1.54) is 0 Å². The first-order valence-electron chi connectivity index (χ1n) is 5.23. The number of rotatable bonds is 9. The molecule has 5 heteroatoms. The first-order valence-corrected chi connectivity index (χ1v) is 5.23. The van der Waals surface area contributed by atoms with Crippen LogP contribution in [-0.2, 0) is 14.3 Å². The lowest BCUT2D eigenvalue weighted by atomic mass is 10.2. The molecule has 0 saturated heterocycles. The predicted molar refractivity (Wildman–Crippen MR) is 58.6 cm³/mol. The van der Waals surface area contributed by atoms with Crippen LogP contribution in [-0.4, -0.2) is 45.9 Å². The number of nitrogens with two attached hydrogens (primary N) is 1. The normalized spacial score (nSPS) is 12.5. The third kappa shape index (κ3) is 8.35. The molecule has 0 aromatic heterocycles. The van der Waals surface area contributed by atoms with Gasteiger partial charge in [0.2, 0.25) is 5.91 Å². The van der Waals surface area contributed by atoms with Gasteiger partial charge in [0.1, 0.15) is 0 Å². The van der Waals surface area contributed by atoms with Crippen molar-refractivity contribution in [1.82, 2.24) is 5.32 Å². The zero-order valence-corrected chi connectivity index (χ0v) is 9.62. The Morgan fingerprint density at radius 1 is 1.40 bits per heavy atom. The van der Waals surface area contributed by atoms with E-state index >= 15 is 0 Å². The summed E-state index contributed by atoms with van der Waals surface area (Å²) in [6, 6.07) is 0. The number of ether oxygens (including phenoxy) is 2. The molecule has 0 rings (SSSR count). The molecule has 1 unspecified atom stereocenters. The van der Waals surface area contributed by atoms with Gasteiger partial charge in [0, 0.05) is 27.2 Å². The molecule has 0 fully saturated rings. The lowest BCUT2D eigenvalue weighted by Crippen LogP contribution is -2.35. The Balaban J connectivity index is 3.50. The smallest absolute Gasteiger partial charge is 0.220 e. The van der Waals surface area contributed by atoms with Crippen LogP contribution < -0.4 is 11.1 Å². The molecular formula is C10H22N2O3. The van der Waals surface area contributed by atoms with Crippen LogP contribution in [0.1, 0.15) is 19.3 Å². The van der Waals surface area contributed by atoms with Crippen molar-refractivity contribution in [2.75, 3.05) is 33.9 Å². The highest BCUT2D eigenvalue weighted by atomic mass is 16.5. The van der Waals surface area contributed by atoms with Crippen LogP contribution in [0.4, 0.5) is 0 Å². The molecule has 0 bridgehead atoms. The fraction of sp³-hybridized carbons (Fsp3) is 0.900. The second kappa shape index (κ2) is 9.89. The van der Waals surface area contributed by atoms with Gasteiger partial charge in [-0.2, -0.15) is 0 Å². The Kier molecular flexibility index (Phi) is 9.46. The highest BCUT2D eigenvalue weighted by Crippen LogP contribution is 1.94. The van der Waals surface area contributed by atoms with Crippen LogP contribution in [0.3, 0.4) is 0 Å². The maximum atomic E-state index is 11.3. The van der Waals surface area contributed by atoms with Crippen LogP contribution in [0, 0.1) is 0 Å². The van der Waals surface area contributed by atoms with E-state index in [-0.39, 0.29) is 12.0 Å². The Morgan fingerprint density at radius 2 is 2.13 bits per heavy atom. The highest BCUT2D eigenvalue weighted by molar-refractivity contribution is 5.75. The second-order valence-corrected chi connectivity index (χ2v) is 3.36. The maximum absolute atomic E-state index is 11.3.